The number of alkyl halides is 2. The fourth-order valence-electron chi connectivity index (χ4n) is 2.59. The highest BCUT2D eigenvalue weighted by atomic mass is 19.3. The molecule has 6 heteroatoms. The zero-order chi connectivity index (χ0) is 13.5. The highest BCUT2D eigenvalue weighted by molar-refractivity contribution is 5.50. The van der Waals surface area contributed by atoms with Crippen molar-refractivity contribution in [1.82, 2.24) is 10.2 Å². The average molecular weight is 270 g/mol. The first-order valence-electron chi connectivity index (χ1n) is 6.40. The van der Waals surface area contributed by atoms with Crippen LogP contribution in [0.25, 0.3) is 0 Å². The van der Waals surface area contributed by atoms with E-state index in [1.54, 1.807) is 6.07 Å². The molecule has 0 aromatic heterocycles. The van der Waals surface area contributed by atoms with E-state index in [-0.39, 0.29) is 17.5 Å². The third kappa shape index (κ3) is 2.37. The van der Waals surface area contributed by atoms with Gasteiger partial charge in [-0.15, -0.1) is 8.78 Å². The van der Waals surface area contributed by atoms with Gasteiger partial charge in [0.25, 0.3) is 0 Å². The number of fused-ring (bicyclic) bond motifs is 1. The standard InChI is InChI=1S/C13H16F2N2O2/c1-9(17-7-5-16-6-8-17)10-3-2-4-11-12(10)19-13(14,15)18-11/h2-4,9,16H,5-8H2,1H3/t9-/m0/s1. The summed E-state index contributed by atoms with van der Waals surface area (Å²) >= 11 is 0. The molecule has 4 nitrogen and oxygen atoms in total. The highest BCUT2D eigenvalue weighted by Crippen LogP contribution is 2.45. The summed E-state index contributed by atoms with van der Waals surface area (Å²) in [6.45, 7) is 5.60. The molecule has 0 aliphatic carbocycles. The van der Waals surface area contributed by atoms with E-state index in [4.69, 9.17) is 0 Å². The molecule has 2 aliphatic heterocycles. The lowest BCUT2D eigenvalue weighted by Gasteiger charge is -2.33. The van der Waals surface area contributed by atoms with E-state index in [1.165, 1.54) is 6.07 Å². The molecule has 104 valence electrons. The first kappa shape index (κ1) is 12.6. The van der Waals surface area contributed by atoms with Gasteiger partial charge in [-0.05, 0) is 13.0 Å². The van der Waals surface area contributed by atoms with E-state index >= 15 is 0 Å². The van der Waals surface area contributed by atoms with Crippen LogP contribution < -0.4 is 14.8 Å². The van der Waals surface area contributed by atoms with Crippen molar-refractivity contribution in [2.45, 2.75) is 19.3 Å². The molecular formula is C13H16F2N2O2. The van der Waals surface area contributed by atoms with E-state index in [1.807, 2.05) is 13.0 Å². The van der Waals surface area contributed by atoms with E-state index < -0.39 is 6.29 Å². The maximum Gasteiger partial charge on any atom is 0.586 e. The summed E-state index contributed by atoms with van der Waals surface area (Å²) in [5.41, 5.74) is 0.747. The van der Waals surface area contributed by atoms with Gasteiger partial charge in [0.2, 0.25) is 0 Å². The molecule has 1 aromatic carbocycles. The normalized spacial score (nSPS) is 23.3. The number of hydrogen-bond donors (Lipinski definition) is 1. The number of ether oxygens (including phenoxy) is 2. The number of para-hydroxylation sites is 1. The first-order chi connectivity index (χ1) is 9.07. The molecule has 1 atom stereocenters. The quantitative estimate of drug-likeness (QED) is 0.891. The number of halogens is 2. The smallest absolute Gasteiger partial charge is 0.395 e. The number of piperazine rings is 1. The second-order valence-electron chi connectivity index (χ2n) is 4.80. The van der Waals surface area contributed by atoms with Crippen molar-refractivity contribution in [1.29, 1.82) is 0 Å². The zero-order valence-electron chi connectivity index (χ0n) is 10.7. The first-order valence-corrected chi connectivity index (χ1v) is 6.40. The fraction of sp³-hybridized carbons (Fsp3) is 0.538. The fourth-order valence-corrected chi connectivity index (χ4v) is 2.59. The predicted octanol–water partition coefficient (Wildman–Crippen LogP) is 1.97. The van der Waals surface area contributed by atoms with E-state index in [9.17, 15) is 8.78 Å². The van der Waals surface area contributed by atoms with Gasteiger partial charge in [0, 0.05) is 37.8 Å². The lowest BCUT2D eigenvalue weighted by Crippen LogP contribution is -2.44. The van der Waals surface area contributed by atoms with Crippen LogP contribution in [0.3, 0.4) is 0 Å². The number of rotatable bonds is 2. The highest BCUT2D eigenvalue weighted by Gasteiger charge is 2.45. The van der Waals surface area contributed by atoms with Gasteiger partial charge in [-0.1, -0.05) is 12.1 Å². The largest absolute Gasteiger partial charge is 0.586 e. The molecule has 1 fully saturated rings. The van der Waals surface area contributed by atoms with Gasteiger partial charge in [-0.2, -0.15) is 0 Å². The third-order valence-electron chi connectivity index (χ3n) is 3.61. The van der Waals surface area contributed by atoms with Crippen LogP contribution in [-0.2, 0) is 0 Å². The Morgan fingerprint density at radius 2 is 2.00 bits per heavy atom. The maximum atomic E-state index is 13.2. The number of benzene rings is 1. The second-order valence-corrected chi connectivity index (χ2v) is 4.80. The van der Waals surface area contributed by atoms with Gasteiger partial charge < -0.3 is 14.8 Å². The predicted molar refractivity (Wildman–Crippen MR) is 65.5 cm³/mol. The van der Waals surface area contributed by atoms with E-state index in [0.29, 0.717) is 0 Å². The van der Waals surface area contributed by atoms with Gasteiger partial charge in [0.15, 0.2) is 11.5 Å². The van der Waals surface area contributed by atoms with Crippen molar-refractivity contribution in [3.05, 3.63) is 23.8 Å². The van der Waals surface area contributed by atoms with Gasteiger partial charge in [-0.25, -0.2) is 0 Å². The molecule has 0 saturated carbocycles. The van der Waals surface area contributed by atoms with E-state index in [0.717, 1.165) is 31.7 Å². The molecule has 19 heavy (non-hydrogen) atoms. The Labute approximate surface area is 110 Å². The Hall–Kier alpha value is -1.40. The molecule has 0 amide bonds. The van der Waals surface area contributed by atoms with Gasteiger partial charge in [0.05, 0.1) is 0 Å². The Morgan fingerprint density at radius 3 is 2.74 bits per heavy atom. The Bertz CT molecular complexity index is 476. The van der Waals surface area contributed by atoms with Crippen LogP contribution in [0.1, 0.15) is 18.5 Å². The van der Waals surface area contributed by atoms with Crippen molar-refractivity contribution >= 4 is 0 Å². The summed E-state index contributed by atoms with van der Waals surface area (Å²) in [7, 11) is 0. The van der Waals surface area contributed by atoms with Crippen molar-refractivity contribution in [2.24, 2.45) is 0 Å². The summed E-state index contributed by atoms with van der Waals surface area (Å²) < 4.78 is 35.4. The molecule has 2 aliphatic rings. The minimum absolute atomic E-state index is 0.0227. The third-order valence-corrected chi connectivity index (χ3v) is 3.61. The van der Waals surface area contributed by atoms with E-state index in [2.05, 4.69) is 19.7 Å². The van der Waals surface area contributed by atoms with Crippen LogP contribution in [0.15, 0.2) is 18.2 Å². The van der Waals surface area contributed by atoms with Gasteiger partial charge in [0.1, 0.15) is 0 Å². The second kappa shape index (κ2) is 4.61. The molecule has 1 saturated heterocycles. The van der Waals surface area contributed by atoms with Crippen LogP contribution in [-0.4, -0.2) is 37.4 Å². The van der Waals surface area contributed by atoms with Gasteiger partial charge >= 0.3 is 6.29 Å². The Balaban J connectivity index is 1.88. The molecule has 2 heterocycles. The molecule has 0 radical (unpaired) electrons. The SMILES string of the molecule is C[C@@H](c1cccc2c1OC(F)(F)O2)N1CCNCC1. The topological polar surface area (TPSA) is 33.7 Å². The summed E-state index contributed by atoms with van der Waals surface area (Å²) in [6.07, 6.45) is -3.55. The zero-order valence-corrected chi connectivity index (χ0v) is 10.7. The Kier molecular flexibility index (Phi) is 3.06. The van der Waals surface area contributed by atoms with Crippen molar-refractivity contribution in [2.75, 3.05) is 26.2 Å². The van der Waals surface area contributed by atoms with Crippen LogP contribution >= 0.6 is 0 Å². The van der Waals surface area contributed by atoms with Gasteiger partial charge in [-0.3, -0.25) is 4.90 Å². The number of nitrogens with one attached hydrogen (secondary N) is 1. The van der Waals surface area contributed by atoms with Crippen molar-refractivity contribution in [3.63, 3.8) is 0 Å². The summed E-state index contributed by atoms with van der Waals surface area (Å²) in [4.78, 5) is 2.24. The summed E-state index contributed by atoms with van der Waals surface area (Å²) in [5.74, 6) is 0.281. The monoisotopic (exact) mass is 270 g/mol. The van der Waals surface area contributed by atoms with Crippen LogP contribution in [0.5, 0.6) is 11.5 Å². The van der Waals surface area contributed by atoms with Crippen LogP contribution in [0.4, 0.5) is 8.78 Å². The number of hydrogen-bond acceptors (Lipinski definition) is 4. The molecule has 1 aromatic rings. The lowest BCUT2D eigenvalue weighted by atomic mass is 10.0. The molecule has 0 spiro atoms. The molecule has 3 rings (SSSR count). The molecule has 0 bridgehead atoms. The molecular weight excluding hydrogens is 254 g/mol. The molecule has 1 N–H and O–H groups in total. The summed E-state index contributed by atoms with van der Waals surface area (Å²) in [6, 6.07) is 5.06. The number of nitrogens with zero attached hydrogens (tertiary/aromatic N) is 1. The average Bonchev–Trinajstić information content (AvgIpc) is 2.72. The van der Waals surface area contributed by atoms with Crippen LogP contribution in [0.2, 0.25) is 0 Å². The lowest BCUT2D eigenvalue weighted by molar-refractivity contribution is -0.287. The van der Waals surface area contributed by atoms with Crippen molar-refractivity contribution in [3.8, 4) is 11.5 Å². The minimum atomic E-state index is -3.55. The summed E-state index contributed by atoms with van der Waals surface area (Å²) in [5, 5.41) is 3.27. The molecule has 0 unspecified atom stereocenters. The van der Waals surface area contributed by atoms with Crippen molar-refractivity contribution < 1.29 is 18.3 Å². The van der Waals surface area contributed by atoms with Crippen LogP contribution in [0, 0.1) is 0 Å². The maximum absolute atomic E-state index is 13.2. The minimum Gasteiger partial charge on any atom is -0.395 e. The Morgan fingerprint density at radius 1 is 1.26 bits per heavy atom.